The summed E-state index contributed by atoms with van der Waals surface area (Å²) in [4.78, 5) is 72.9. The molecule has 2 aromatic carbocycles. The van der Waals surface area contributed by atoms with Gasteiger partial charge in [0.15, 0.2) is 0 Å². The Balaban J connectivity index is 1.49. The number of nitrogens with zero attached hydrogens (tertiary/aromatic N) is 4. The van der Waals surface area contributed by atoms with E-state index in [0.29, 0.717) is 47.8 Å². The van der Waals surface area contributed by atoms with Gasteiger partial charge in [-0.2, -0.15) is 5.10 Å². The third-order valence-corrected chi connectivity index (χ3v) is 8.41. The van der Waals surface area contributed by atoms with Gasteiger partial charge in [0, 0.05) is 37.9 Å². The molecular weight excluding hydrogens is 610 g/mol. The number of hydrogen-bond donors (Lipinski definition) is 3. The first-order valence-electron chi connectivity index (χ1n) is 16.2. The molecular formula is C36H41N7O5. The SMILES string of the molecule is CC(C)[C@H]1NC(=O)c2cncc(c2)CCCNC(=O)CN(C(=O)Cc2nn(C)c(=O)c3ccccc23)C[C@@H](Cc2ccccc2)NC1=O. The zero-order valence-corrected chi connectivity index (χ0v) is 27.4. The van der Waals surface area contributed by atoms with Crippen molar-refractivity contribution in [3.63, 3.8) is 0 Å². The number of pyridine rings is 1. The van der Waals surface area contributed by atoms with E-state index in [1.807, 2.05) is 44.2 Å². The summed E-state index contributed by atoms with van der Waals surface area (Å²) in [6.45, 7) is 3.81. The Morgan fingerprint density at radius 1 is 0.958 bits per heavy atom. The van der Waals surface area contributed by atoms with Gasteiger partial charge in [0.25, 0.3) is 11.5 Å². The molecule has 0 aliphatic carbocycles. The maximum atomic E-state index is 14.1. The summed E-state index contributed by atoms with van der Waals surface area (Å²) in [5.74, 6) is -1.81. The van der Waals surface area contributed by atoms with E-state index in [-0.39, 0.29) is 42.8 Å². The molecule has 4 aromatic rings. The van der Waals surface area contributed by atoms with Crippen molar-refractivity contribution in [3.05, 3.63) is 106 Å². The normalized spacial score (nSPS) is 18.2. The molecule has 5 rings (SSSR count). The number of aryl methyl sites for hydroxylation is 2. The van der Waals surface area contributed by atoms with Gasteiger partial charge in [-0.05, 0) is 48.4 Å². The van der Waals surface area contributed by atoms with Gasteiger partial charge in [0.05, 0.1) is 35.7 Å². The van der Waals surface area contributed by atoms with Crippen molar-refractivity contribution < 1.29 is 19.2 Å². The van der Waals surface area contributed by atoms with Crippen LogP contribution in [-0.2, 0) is 40.7 Å². The first kappa shape index (κ1) is 34.0. The van der Waals surface area contributed by atoms with E-state index in [9.17, 15) is 24.0 Å². The zero-order valence-electron chi connectivity index (χ0n) is 27.4. The lowest BCUT2D eigenvalue weighted by molar-refractivity contribution is -0.136. The fourth-order valence-corrected chi connectivity index (χ4v) is 5.89. The minimum atomic E-state index is -0.872. The van der Waals surface area contributed by atoms with Crippen LogP contribution in [0.25, 0.3) is 10.8 Å². The largest absolute Gasteiger partial charge is 0.355 e. The Hall–Kier alpha value is -5.39. The third-order valence-electron chi connectivity index (χ3n) is 8.41. The predicted molar refractivity (Wildman–Crippen MR) is 181 cm³/mol. The van der Waals surface area contributed by atoms with Gasteiger partial charge in [-0.1, -0.05) is 62.4 Å². The van der Waals surface area contributed by atoms with E-state index in [1.54, 1.807) is 36.5 Å². The van der Waals surface area contributed by atoms with Crippen LogP contribution < -0.4 is 21.5 Å². The molecule has 48 heavy (non-hydrogen) atoms. The van der Waals surface area contributed by atoms with Crippen molar-refractivity contribution in [1.29, 1.82) is 0 Å². The van der Waals surface area contributed by atoms with Gasteiger partial charge < -0.3 is 20.9 Å². The monoisotopic (exact) mass is 651 g/mol. The van der Waals surface area contributed by atoms with Gasteiger partial charge in [0.1, 0.15) is 6.04 Å². The van der Waals surface area contributed by atoms with E-state index < -0.39 is 23.9 Å². The number of rotatable bonds is 5. The van der Waals surface area contributed by atoms with Crippen molar-refractivity contribution in [2.24, 2.45) is 13.0 Å². The first-order valence-corrected chi connectivity index (χ1v) is 16.2. The molecule has 2 bridgehead atoms. The topological polar surface area (TPSA) is 155 Å². The maximum Gasteiger partial charge on any atom is 0.274 e. The third kappa shape index (κ3) is 8.49. The zero-order chi connectivity index (χ0) is 34.2. The summed E-state index contributed by atoms with van der Waals surface area (Å²) in [5.41, 5.74) is 2.22. The Kier molecular flexibility index (Phi) is 10.9. The van der Waals surface area contributed by atoms with Gasteiger partial charge in [-0.3, -0.25) is 29.0 Å². The smallest absolute Gasteiger partial charge is 0.274 e. The fraction of sp³-hybridized carbons (Fsp3) is 0.361. The number of amides is 4. The summed E-state index contributed by atoms with van der Waals surface area (Å²) in [5, 5.41) is 14.3. The highest BCUT2D eigenvalue weighted by Crippen LogP contribution is 2.16. The number of benzene rings is 2. The lowest BCUT2D eigenvalue weighted by Crippen LogP contribution is -2.56. The van der Waals surface area contributed by atoms with Crippen LogP contribution in [0.1, 0.15) is 47.4 Å². The van der Waals surface area contributed by atoms with E-state index in [0.717, 1.165) is 11.1 Å². The van der Waals surface area contributed by atoms with E-state index in [1.165, 1.54) is 22.8 Å². The summed E-state index contributed by atoms with van der Waals surface area (Å²) in [6, 6.07) is 16.8. The molecule has 0 saturated heterocycles. The Bertz CT molecular complexity index is 1860. The highest BCUT2D eigenvalue weighted by molar-refractivity contribution is 5.97. The van der Waals surface area contributed by atoms with Crippen molar-refractivity contribution in [3.8, 4) is 0 Å². The Morgan fingerprint density at radius 2 is 1.69 bits per heavy atom. The maximum absolute atomic E-state index is 14.1. The van der Waals surface area contributed by atoms with Crippen LogP contribution in [0, 0.1) is 5.92 Å². The average Bonchev–Trinajstić information content (AvgIpc) is 3.07. The summed E-state index contributed by atoms with van der Waals surface area (Å²) >= 11 is 0. The van der Waals surface area contributed by atoms with Crippen LogP contribution in [0.3, 0.4) is 0 Å². The van der Waals surface area contributed by atoms with Gasteiger partial charge in [-0.15, -0.1) is 0 Å². The number of aromatic nitrogens is 3. The molecule has 3 heterocycles. The van der Waals surface area contributed by atoms with E-state index >= 15 is 0 Å². The lowest BCUT2D eigenvalue weighted by atomic mass is 10.0. The molecule has 4 amide bonds. The predicted octanol–water partition coefficient (Wildman–Crippen LogP) is 1.94. The average molecular weight is 652 g/mol. The number of carbonyl (C=O) groups is 4. The standard InChI is InChI=1S/C36H41N7O5/c1-23(2)33-35(47)39-27(17-24-10-5-4-6-11-24)21-43(32(45)18-30-28-13-7-8-14-29(28)36(48)42(3)41-30)22-31(44)38-15-9-12-25-16-26(20-37-19-25)34(46)40-33/h4-8,10-11,13-14,16,19-20,23,27,33H,9,12,15,17-18,21-22H2,1-3H3,(H,38,44)(H,39,47)(H,40,46)/t27-,33-/m1/s1. The summed E-state index contributed by atoms with van der Waals surface area (Å²) < 4.78 is 1.21. The quantitative estimate of drug-likeness (QED) is 0.298. The molecule has 0 radical (unpaired) electrons. The number of fused-ring (bicyclic) bond motifs is 3. The van der Waals surface area contributed by atoms with Crippen molar-refractivity contribution in [2.75, 3.05) is 19.6 Å². The van der Waals surface area contributed by atoms with Crippen LogP contribution in [0.15, 0.2) is 77.9 Å². The van der Waals surface area contributed by atoms with Gasteiger partial charge in [-0.25, -0.2) is 4.68 Å². The van der Waals surface area contributed by atoms with Crippen LogP contribution in [0.4, 0.5) is 0 Å². The summed E-state index contributed by atoms with van der Waals surface area (Å²) in [7, 11) is 1.53. The van der Waals surface area contributed by atoms with Crippen molar-refractivity contribution in [2.45, 2.75) is 51.6 Å². The van der Waals surface area contributed by atoms with Crippen LogP contribution in [0.5, 0.6) is 0 Å². The number of nitrogens with one attached hydrogen (secondary N) is 3. The van der Waals surface area contributed by atoms with Gasteiger partial charge in [0.2, 0.25) is 17.7 Å². The van der Waals surface area contributed by atoms with E-state index in [2.05, 4.69) is 26.0 Å². The fourth-order valence-electron chi connectivity index (χ4n) is 5.89. The van der Waals surface area contributed by atoms with E-state index in [4.69, 9.17) is 0 Å². The molecule has 12 nitrogen and oxygen atoms in total. The van der Waals surface area contributed by atoms with Crippen molar-refractivity contribution in [1.82, 2.24) is 35.6 Å². The molecule has 1 aliphatic rings. The van der Waals surface area contributed by atoms with Crippen LogP contribution in [-0.4, -0.2) is 75.0 Å². The highest BCUT2D eigenvalue weighted by atomic mass is 16.2. The molecule has 0 fully saturated rings. The molecule has 0 saturated carbocycles. The van der Waals surface area contributed by atoms with Crippen molar-refractivity contribution >= 4 is 34.4 Å². The summed E-state index contributed by atoms with van der Waals surface area (Å²) in [6.07, 6.45) is 4.49. The molecule has 250 valence electrons. The number of carbonyl (C=O) groups excluding carboxylic acids is 4. The van der Waals surface area contributed by atoms with Crippen LogP contribution >= 0.6 is 0 Å². The highest BCUT2D eigenvalue weighted by Gasteiger charge is 2.30. The molecule has 0 unspecified atom stereocenters. The molecule has 3 N–H and O–H groups in total. The number of hydrogen-bond acceptors (Lipinski definition) is 7. The van der Waals surface area contributed by atoms with Crippen LogP contribution in [0.2, 0.25) is 0 Å². The molecule has 1 aliphatic heterocycles. The second kappa shape index (κ2) is 15.5. The minimum Gasteiger partial charge on any atom is -0.355 e. The second-order valence-corrected chi connectivity index (χ2v) is 12.5. The molecule has 2 atom stereocenters. The second-order valence-electron chi connectivity index (χ2n) is 12.5. The lowest BCUT2D eigenvalue weighted by Gasteiger charge is -2.30. The molecule has 12 heteroatoms. The molecule has 0 spiro atoms. The van der Waals surface area contributed by atoms with Gasteiger partial charge >= 0.3 is 0 Å². The Labute approximate surface area is 278 Å². The first-order chi connectivity index (χ1) is 23.1. The minimum absolute atomic E-state index is 0.0139. The molecule has 2 aromatic heterocycles. The Morgan fingerprint density at radius 3 is 2.44 bits per heavy atom.